The number of alkyl halides is 3. The summed E-state index contributed by atoms with van der Waals surface area (Å²) in [5.41, 5.74) is -0.195. The Bertz CT molecular complexity index is 330. The highest BCUT2D eigenvalue weighted by molar-refractivity contribution is 5.38. The second kappa shape index (κ2) is 4.33. The molecule has 0 bridgehead atoms. The van der Waals surface area contributed by atoms with Crippen LogP contribution in [0, 0.1) is 0 Å². The van der Waals surface area contributed by atoms with E-state index in [0.717, 1.165) is 12.1 Å². The zero-order chi connectivity index (χ0) is 11.5. The number of carbonyl (C=O) groups is 1. The fraction of sp³-hybridized carbons (Fsp3) is 0.300. The third kappa shape index (κ3) is 2.97. The van der Waals surface area contributed by atoms with Gasteiger partial charge in [-0.15, -0.1) is 0 Å². The van der Waals surface area contributed by atoms with Gasteiger partial charge in [-0.1, -0.05) is 12.1 Å². The highest BCUT2D eigenvalue weighted by Gasteiger charge is 2.30. The van der Waals surface area contributed by atoms with Crippen molar-refractivity contribution < 1.29 is 22.7 Å². The minimum Gasteiger partial charge on any atom is -0.460 e. The van der Waals surface area contributed by atoms with Gasteiger partial charge in [0.2, 0.25) is 0 Å². The molecular weight excluding hydrogens is 209 g/mol. The van der Waals surface area contributed by atoms with Gasteiger partial charge >= 0.3 is 6.18 Å². The largest absolute Gasteiger partial charge is 0.460 e. The fourth-order valence-corrected chi connectivity index (χ4v) is 1.11. The van der Waals surface area contributed by atoms with Crippen molar-refractivity contribution >= 4 is 6.47 Å². The number of hydrogen-bond acceptors (Lipinski definition) is 2. The summed E-state index contributed by atoms with van der Waals surface area (Å²) in [4.78, 5) is 10.0. The first-order valence-electron chi connectivity index (χ1n) is 4.21. The van der Waals surface area contributed by atoms with E-state index in [4.69, 9.17) is 0 Å². The molecular formula is C10H9F3O2. The van der Waals surface area contributed by atoms with E-state index in [9.17, 15) is 18.0 Å². The second-order valence-electron chi connectivity index (χ2n) is 2.99. The zero-order valence-corrected chi connectivity index (χ0v) is 7.91. The van der Waals surface area contributed by atoms with Gasteiger partial charge in [0.15, 0.2) is 0 Å². The standard InChI is InChI=1S/C10H9F3O2/c1-7(15-6-14)8-2-4-9(5-3-8)10(11,12)13/h2-7H,1H3. The Labute approximate surface area is 84.7 Å². The Morgan fingerprint density at radius 1 is 1.27 bits per heavy atom. The normalized spacial score (nSPS) is 13.3. The van der Waals surface area contributed by atoms with E-state index in [-0.39, 0.29) is 6.47 Å². The maximum absolute atomic E-state index is 12.2. The first-order chi connectivity index (χ1) is 6.95. The molecule has 0 saturated carbocycles. The van der Waals surface area contributed by atoms with Crippen LogP contribution in [0.4, 0.5) is 13.2 Å². The number of hydrogen-bond donors (Lipinski definition) is 0. The van der Waals surface area contributed by atoms with E-state index < -0.39 is 17.8 Å². The molecule has 0 heterocycles. The maximum Gasteiger partial charge on any atom is 0.416 e. The van der Waals surface area contributed by atoms with E-state index in [1.807, 2.05) is 0 Å². The zero-order valence-electron chi connectivity index (χ0n) is 7.91. The summed E-state index contributed by atoms with van der Waals surface area (Å²) in [6, 6.07) is 4.49. The molecule has 0 amide bonds. The summed E-state index contributed by atoms with van der Waals surface area (Å²) in [6.07, 6.45) is -4.88. The van der Waals surface area contributed by atoms with Crippen LogP contribution in [-0.2, 0) is 15.7 Å². The molecule has 1 aromatic rings. The smallest absolute Gasteiger partial charge is 0.416 e. The lowest BCUT2D eigenvalue weighted by molar-refractivity contribution is -0.138. The monoisotopic (exact) mass is 218 g/mol. The van der Waals surface area contributed by atoms with Crippen LogP contribution >= 0.6 is 0 Å². The van der Waals surface area contributed by atoms with Crippen molar-refractivity contribution in [1.29, 1.82) is 0 Å². The number of benzene rings is 1. The first kappa shape index (κ1) is 11.6. The summed E-state index contributed by atoms with van der Waals surface area (Å²) in [5, 5.41) is 0. The molecule has 0 aliphatic rings. The molecule has 5 heteroatoms. The van der Waals surface area contributed by atoms with E-state index in [1.54, 1.807) is 6.92 Å². The molecule has 82 valence electrons. The molecule has 15 heavy (non-hydrogen) atoms. The van der Waals surface area contributed by atoms with Gasteiger partial charge in [0.25, 0.3) is 6.47 Å². The Kier molecular flexibility index (Phi) is 3.34. The van der Waals surface area contributed by atoms with Gasteiger partial charge in [-0.3, -0.25) is 4.79 Å². The van der Waals surface area contributed by atoms with Crippen LogP contribution in [0.15, 0.2) is 24.3 Å². The van der Waals surface area contributed by atoms with Gasteiger partial charge in [0, 0.05) is 0 Å². The third-order valence-corrected chi connectivity index (χ3v) is 1.97. The quantitative estimate of drug-likeness (QED) is 0.729. The highest BCUT2D eigenvalue weighted by Crippen LogP contribution is 2.30. The Balaban J connectivity index is 2.85. The summed E-state index contributed by atoms with van der Waals surface area (Å²) in [7, 11) is 0. The SMILES string of the molecule is CC(OC=O)c1ccc(C(F)(F)F)cc1. The number of halogens is 3. The molecule has 1 unspecified atom stereocenters. The van der Waals surface area contributed by atoms with Crippen LogP contribution in [0.25, 0.3) is 0 Å². The Morgan fingerprint density at radius 3 is 2.20 bits per heavy atom. The molecule has 0 aliphatic heterocycles. The average molecular weight is 218 g/mol. The van der Waals surface area contributed by atoms with Crippen LogP contribution in [0.5, 0.6) is 0 Å². The predicted molar refractivity (Wildman–Crippen MR) is 47.0 cm³/mol. The lowest BCUT2D eigenvalue weighted by Crippen LogP contribution is -2.05. The predicted octanol–water partition coefficient (Wildman–Crippen LogP) is 2.94. The minimum atomic E-state index is -4.34. The summed E-state index contributed by atoms with van der Waals surface area (Å²) < 4.78 is 41.1. The van der Waals surface area contributed by atoms with Gasteiger partial charge < -0.3 is 4.74 Å². The van der Waals surface area contributed by atoms with Crippen LogP contribution in [0.2, 0.25) is 0 Å². The first-order valence-corrected chi connectivity index (χ1v) is 4.21. The molecule has 0 saturated heterocycles. The van der Waals surface area contributed by atoms with E-state index in [0.29, 0.717) is 5.56 Å². The molecule has 0 spiro atoms. The van der Waals surface area contributed by atoms with Crippen molar-refractivity contribution in [1.82, 2.24) is 0 Å². The van der Waals surface area contributed by atoms with Crippen molar-refractivity contribution in [2.45, 2.75) is 19.2 Å². The van der Waals surface area contributed by atoms with Crippen LogP contribution in [-0.4, -0.2) is 6.47 Å². The molecule has 0 radical (unpaired) electrons. The molecule has 1 atom stereocenters. The van der Waals surface area contributed by atoms with Crippen molar-refractivity contribution in [2.24, 2.45) is 0 Å². The molecule has 1 aromatic carbocycles. The van der Waals surface area contributed by atoms with Gasteiger partial charge in [-0.2, -0.15) is 13.2 Å². The lowest BCUT2D eigenvalue weighted by atomic mass is 10.1. The molecule has 0 aliphatic carbocycles. The van der Waals surface area contributed by atoms with Gasteiger partial charge in [-0.25, -0.2) is 0 Å². The van der Waals surface area contributed by atoms with Gasteiger partial charge in [-0.05, 0) is 24.6 Å². The molecule has 2 nitrogen and oxygen atoms in total. The third-order valence-electron chi connectivity index (χ3n) is 1.97. The number of rotatable bonds is 3. The second-order valence-corrected chi connectivity index (χ2v) is 2.99. The van der Waals surface area contributed by atoms with Crippen molar-refractivity contribution in [3.8, 4) is 0 Å². The number of carbonyl (C=O) groups excluding carboxylic acids is 1. The minimum absolute atomic E-state index is 0.266. The molecule has 0 fully saturated rings. The van der Waals surface area contributed by atoms with Crippen molar-refractivity contribution in [2.75, 3.05) is 0 Å². The van der Waals surface area contributed by atoms with Crippen molar-refractivity contribution in [3.05, 3.63) is 35.4 Å². The van der Waals surface area contributed by atoms with Crippen LogP contribution in [0.3, 0.4) is 0 Å². The Hall–Kier alpha value is -1.52. The molecule has 0 N–H and O–H groups in total. The average Bonchev–Trinajstić information content (AvgIpc) is 2.17. The van der Waals surface area contributed by atoms with Crippen LogP contribution in [0.1, 0.15) is 24.2 Å². The summed E-state index contributed by atoms with van der Waals surface area (Å²) in [6.45, 7) is 1.85. The highest BCUT2D eigenvalue weighted by atomic mass is 19.4. The van der Waals surface area contributed by atoms with E-state index in [2.05, 4.69) is 4.74 Å². The van der Waals surface area contributed by atoms with E-state index >= 15 is 0 Å². The Morgan fingerprint density at radius 2 is 1.80 bits per heavy atom. The van der Waals surface area contributed by atoms with Crippen molar-refractivity contribution in [3.63, 3.8) is 0 Å². The van der Waals surface area contributed by atoms with Gasteiger partial charge in [0.1, 0.15) is 6.10 Å². The fourth-order valence-electron chi connectivity index (χ4n) is 1.11. The molecule has 1 rings (SSSR count). The topological polar surface area (TPSA) is 26.3 Å². The summed E-state index contributed by atoms with van der Waals surface area (Å²) in [5.74, 6) is 0. The van der Waals surface area contributed by atoms with Gasteiger partial charge in [0.05, 0.1) is 5.56 Å². The lowest BCUT2D eigenvalue weighted by Gasteiger charge is -2.11. The maximum atomic E-state index is 12.2. The van der Waals surface area contributed by atoms with Crippen LogP contribution < -0.4 is 0 Å². The molecule has 0 aromatic heterocycles. The summed E-state index contributed by atoms with van der Waals surface area (Å²) >= 11 is 0. The number of ether oxygens (including phenoxy) is 1. The van der Waals surface area contributed by atoms with E-state index in [1.165, 1.54) is 12.1 Å².